The lowest BCUT2D eigenvalue weighted by molar-refractivity contribution is 0.356. The SMILES string of the molecule is Cl.N=C(N)NC(=N)NCC1CCCCC1. The van der Waals surface area contributed by atoms with E-state index in [1.165, 1.54) is 32.1 Å². The van der Waals surface area contributed by atoms with Gasteiger partial charge in [0, 0.05) is 6.54 Å². The average molecular weight is 234 g/mol. The first-order valence-corrected chi connectivity index (χ1v) is 5.12. The van der Waals surface area contributed by atoms with Gasteiger partial charge in [-0.3, -0.25) is 16.1 Å². The molecule has 1 aliphatic carbocycles. The van der Waals surface area contributed by atoms with Gasteiger partial charge in [-0.1, -0.05) is 19.3 Å². The van der Waals surface area contributed by atoms with Gasteiger partial charge in [0.1, 0.15) is 0 Å². The molecule has 0 aliphatic heterocycles. The van der Waals surface area contributed by atoms with Crippen molar-refractivity contribution >= 4 is 24.3 Å². The number of hydrogen-bond donors (Lipinski definition) is 5. The molecule has 0 heterocycles. The maximum absolute atomic E-state index is 7.39. The molecule has 0 aromatic heterocycles. The van der Waals surface area contributed by atoms with Gasteiger partial charge in [-0.05, 0) is 18.8 Å². The molecule has 6 heteroatoms. The summed E-state index contributed by atoms with van der Waals surface area (Å²) < 4.78 is 0. The van der Waals surface area contributed by atoms with Crippen molar-refractivity contribution in [2.45, 2.75) is 32.1 Å². The minimum atomic E-state index is -0.189. The lowest BCUT2D eigenvalue weighted by atomic mass is 9.89. The first-order valence-electron chi connectivity index (χ1n) is 5.12. The molecule has 1 aliphatic rings. The van der Waals surface area contributed by atoms with Crippen molar-refractivity contribution in [2.75, 3.05) is 6.54 Å². The Morgan fingerprint density at radius 1 is 1.20 bits per heavy atom. The zero-order chi connectivity index (χ0) is 10.4. The van der Waals surface area contributed by atoms with Gasteiger partial charge >= 0.3 is 0 Å². The van der Waals surface area contributed by atoms with E-state index in [1.807, 2.05) is 0 Å². The molecule has 1 saturated carbocycles. The van der Waals surface area contributed by atoms with Crippen LogP contribution < -0.4 is 16.4 Å². The third-order valence-corrected chi connectivity index (χ3v) is 2.55. The van der Waals surface area contributed by atoms with Gasteiger partial charge in [-0.15, -0.1) is 12.4 Å². The van der Waals surface area contributed by atoms with E-state index in [0.717, 1.165) is 6.54 Å². The largest absolute Gasteiger partial charge is 0.370 e. The third kappa shape index (κ3) is 6.17. The molecule has 0 amide bonds. The second-order valence-corrected chi connectivity index (χ2v) is 3.80. The van der Waals surface area contributed by atoms with Crippen molar-refractivity contribution in [1.29, 1.82) is 10.8 Å². The van der Waals surface area contributed by atoms with E-state index in [0.29, 0.717) is 5.92 Å². The molecule has 0 atom stereocenters. The second-order valence-electron chi connectivity index (χ2n) is 3.80. The Morgan fingerprint density at radius 2 is 1.80 bits per heavy atom. The topological polar surface area (TPSA) is 97.8 Å². The third-order valence-electron chi connectivity index (χ3n) is 2.55. The van der Waals surface area contributed by atoms with Crippen LogP contribution in [0.15, 0.2) is 0 Å². The smallest absolute Gasteiger partial charge is 0.195 e. The van der Waals surface area contributed by atoms with Crippen LogP contribution in [0.5, 0.6) is 0 Å². The zero-order valence-electron chi connectivity index (χ0n) is 8.81. The Kier molecular flexibility index (Phi) is 6.86. The number of hydrogen-bond acceptors (Lipinski definition) is 2. The molecule has 88 valence electrons. The van der Waals surface area contributed by atoms with Crippen LogP contribution in [0.1, 0.15) is 32.1 Å². The van der Waals surface area contributed by atoms with Crippen molar-refractivity contribution in [3.05, 3.63) is 0 Å². The van der Waals surface area contributed by atoms with Crippen LogP contribution >= 0.6 is 12.4 Å². The summed E-state index contributed by atoms with van der Waals surface area (Å²) in [6.07, 6.45) is 6.46. The van der Waals surface area contributed by atoms with Crippen LogP contribution in [0, 0.1) is 16.7 Å². The minimum absolute atomic E-state index is 0. The molecule has 15 heavy (non-hydrogen) atoms. The number of nitrogens with two attached hydrogens (primary N) is 1. The normalized spacial score (nSPS) is 16.3. The molecule has 0 saturated heterocycles. The molecule has 5 nitrogen and oxygen atoms in total. The molecular weight excluding hydrogens is 214 g/mol. The summed E-state index contributed by atoms with van der Waals surface area (Å²) in [6, 6.07) is 0. The first-order chi connectivity index (χ1) is 6.68. The predicted molar refractivity (Wildman–Crippen MR) is 64.6 cm³/mol. The first kappa shape index (κ1) is 14.0. The molecule has 0 unspecified atom stereocenters. The van der Waals surface area contributed by atoms with E-state index in [4.69, 9.17) is 16.6 Å². The van der Waals surface area contributed by atoms with Crippen molar-refractivity contribution in [3.63, 3.8) is 0 Å². The lowest BCUT2D eigenvalue weighted by Crippen LogP contribution is -2.44. The molecule has 1 rings (SSSR count). The van der Waals surface area contributed by atoms with Crippen LogP contribution in [0.2, 0.25) is 0 Å². The van der Waals surface area contributed by atoms with Crippen molar-refractivity contribution in [3.8, 4) is 0 Å². The Bertz CT molecular complexity index is 213. The second kappa shape index (κ2) is 7.34. The zero-order valence-corrected chi connectivity index (χ0v) is 9.62. The summed E-state index contributed by atoms with van der Waals surface area (Å²) >= 11 is 0. The summed E-state index contributed by atoms with van der Waals surface area (Å²) in [5.41, 5.74) is 5.09. The summed E-state index contributed by atoms with van der Waals surface area (Å²) in [5.74, 6) is 0.618. The fraction of sp³-hybridized carbons (Fsp3) is 0.778. The van der Waals surface area contributed by atoms with Crippen LogP contribution in [0.4, 0.5) is 0 Å². The van der Waals surface area contributed by atoms with E-state index >= 15 is 0 Å². The van der Waals surface area contributed by atoms with Gasteiger partial charge in [-0.2, -0.15) is 0 Å². The number of guanidine groups is 2. The molecule has 0 bridgehead atoms. The monoisotopic (exact) mass is 233 g/mol. The highest BCUT2D eigenvalue weighted by Gasteiger charge is 2.13. The molecule has 6 N–H and O–H groups in total. The number of halogens is 1. The fourth-order valence-corrected chi connectivity index (χ4v) is 1.82. The minimum Gasteiger partial charge on any atom is -0.370 e. The van der Waals surface area contributed by atoms with Gasteiger partial charge in [0.15, 0.2) is 11.9 Å². The standard InChI is InChI=1S/C9H19N5.ClH/c10-8(11)14-9(12)13-6-7-4-2-1-3-5-7;/h7H,1-6H2,(H6,10,11,12,13,14);1H. The highest BCUT2D eigenvalue weighted by atomic mass is 35.5. The van der Waals surface area contributed by atoms with Gasteiger partial charge in [0.2, 0.25) is 0 Å². The van der Waals surface area contributed by atoms with E-state index in [-0.39, 0.29) is 24.3 Å². The highest BCUT2D eigenvalue weighted by Crippen LogP contribution is 2.22. The summed E-state index contributed by atoms with van der Waals surface area (Å²) in [4.78, 5) is 0. The molecule has 0 aromatic rings. The molecule has 0 spiro atoms. The summed E-state index contributed by atoms with van der Waals surface area (Å²) in [6.45, 7) is 0.819. The van der Waals surface area contributed by atoms with Crippen LogP contribution in [0.25, 0.3) is 0 Å². The maximum Gasteiger partial charge on any atom is 0.195 e. The molecule has 1 fully saturated rings. The van der Waals surface area contributed by atoms with Gasteiger partial charge < -0.3 is 11.1 Å². The Morgan fingerprint density at radius 3 is 2.33 bits per heavy atom. The summed E-state index contributed by atoms with van der Waals surface area (Å²) in [5, 5.41) is 19.7. The quantitative estimate of drug-likeness (QED) is 0.364. The van der Waals surface area contributed by atoms with Crippen molar-refractivity contribution in [1.82, 2.24) is 10.6 Å². The van der Waals surface area contributed by atoms with E-state index in [1.54, 1.807) is 0 Å². The Balaban J connectivity index is 0.00000196. The number of rotatable bonds is 2. The van der Waals surface area contributed by atoms with Gasteiger partial charge in [0.05, 0.1) is 0 Å². The highest BCUT2D eigenvalue weighted by molar-refractivity contribution is 5.94. The Labute approximate surface area is 96.6 Å². The fourth-order valence-electron chi connectivity index (χ4n) is 1.82. The predicted octanol–water partition coefficient (Wildman–Crippen LogP) is 0.996. The lowest BCUT2D eigenvalue weighted by Gasteiger charge is -2.22. The van der Waals surface area contributed by atoms with Crippen molar-refractivity contribution in [2.24, 2.45) is 11.7 Å². The maximum atomic E-state index is 7.39. The Hall–Kier alpha value is -0.970. The van der Waals surface area contributed by atoms with Crippen LogP contribution in [-0.2, 0) is 0 Å². The van der Waals surface area contributed by atoms with Gasteiger partial charge in [-0.25, -0.2) is 0 Å². The van der Waals surface area contributed by atoms with Crippen molar-refractivity contribution < 1.29 is 0 Å². The van der Waals surface area contributed by atoms with Crippen LogP contribution in [-0.4, -0.2) is 18.5 Å². The van der Waals surface area contributed by atoms with E-state index < -0.39 is 0 Å². The molecular formula is C9H20ClN5. The van der Waals surface area contributed by atoms with E-state index in [9.17, 15) is 0 Å². The summed E-state index contributed by atoms with van der Waals surface area (Å²) in [7, 11) is 0. The average Bonchev–Trinajstić information content (AvgIpc) is 2.15. The van der Waals surface area contributed by atoms with E-state index in [2.05, 4.69) is 10.6 Å². The number of nitrogens with one attached hydrogen (secondary N) is 4. The van der Waals surface area contributed by atoms with Crippen LogP contribution in [0.3, 0.4) is 0 Å². The molecule has 0 aromatic carbocycles. The molecule has 0 radical (unpaired) electrons. The van der Waals surface area contributed by atoms with Gasteiger partial charge in [0.25, 0.3) is 0 Å².